The van der Waals surface area contributed by atoms with Crippen molar-refractivity contribution in [1.29, 1.82) is 0 Å². The number of benzene rings is 1. The van der Waals surface area contributed by atoms with E-state index < -0.39 is 47.4 Å². The Hall–Kier alpha value is -5.22. The molecular formula is C40H45F8N7O7. The summed E-state index contributed by atoms with van der Waals surface area (Å²) in [7, 11) is 0. The quantitative estimate of drug-likeness (QED) is 0.157. The van der Waals surface area contributed by atoms with E-state index >= 15 is 4.39 Å². The van der Waals surface area contributed by atoms with Gasteiger partial charge < -0.3 is 29.7 Å². The Kier molecular flexibility index (Phi) is 13.3. The first-order valence-electron chi connectivity index (χ1n) is 19.8. The van der Waals surface area contributed by atoms with E-state index in [2.05, 4.69) is 16.5 Å². The molecule has 4 fully saturated rings. The van der Waals surface area contributed by atoms with Gasteiger partial charge in [0.05, 0.1) is 28.2 Å². The Morgan fingerprint density at radius 2 is 1.69 bits per heavy atom. The number of carboxylic acid groups (broad SMARTS) is 2. The van der Waals surface area contributed by atoms with Gasteiger partial charge in [0, 0.05) is 49.8 Å². The zero-order valence-electron chi connectivity index (χ0n) is 33.7. The number of pyridine rings is 1. The van der Waals surface area contributed by atoms with Crippen molar-refractivity contribution in [2.75, 3.05) is 44.3 Å². The SMILES string of the molecule is C=Cc1c(C)cc2c(cnn2C2CCCCO2)c1-c1ncc2c(N3CCC[C@@](C)(O)C3)nc(OC[C@@]34CCCN3C[C@H](F)C4)nc2c1F.O=C(O)C(F)(F)F.O=C(O)C(F)(F)F. The van der Waals surface area contributed by atoms with Gasteiger partial charge in [0.15, 0.2) is 12.0 Å². The van der Waals surface area contributed by atoms with E-state index in [0.717, 1.165) is 67.1 Å². The number of aliphatic hydroxyl groups is 1. The Labute approximate surface area is 349 Å². The maximum absolute atomic E-state index is 17.2. The van der Waals surface area contributed by atoms with Gasteiger partial charge in [-0.2, -0.15) is 41.4 Å². The number of carbonyl (C=O) groups is 2. The molecule has 4 aromatic rings. The summed E-state index contributed by atoms with van der Waals surface area (Å²) in [6.45, 7) is 10.9. The first-order valence-corrected chi connectivity index (χ1v) is 19.8. The molecule has 4 atom stereocenters. The topological polar surface area (TPSA) is 176 Å². The normalized spacial score (nSPS) is 24.2. The fraction of sp³-hybridized carbons (Fsp3) is 0.550. The summed E-state index contributed by atoms with van der Waals surface area (Å²) in [4.78, 5) is 36.1. The van der Waals surface area contributed by atoms with Crippen LogP contribution in [0.15, 0.2) is 25.0 Å². The van der Waals surface area contributed by atoms with Crippen LogP contribution in [0.1, 0.15) is 75.6 Å². The monoisotopic (exact) mass is 887 g/mol. The van der Waals surface area contributed by atoms with Gasteiger partial charge in [-0.15, -0.1) is 0 Å². The third-order valence-electron chi connectivity index (χ3n) is 11.4. The molecule has 1 unspecified atom stereocenters. The number of alkyl halides is 7. The summed E-state index contributed by atoms with van der Waals surface area (Å²) in [5.41, 5.74) is 1.97. The molecule has 62 heavy (non-hydrogen) atoms. The first kappa shape index (κ1) is 46.3. The standard InChI is InChI=1S/C36H43F2N7O3.2C2HF3O2/c1-4-24-22(2)15-27-25(18-40-45(27)28-9-5-6-14-47-28)29(24)32-30(38)31-26(17-39-32)33(43-12-7-10-35(3,46)20-43)42-34(41-31)48-21-36-11-8-13-44(36)19-23(37)16-36;2*3-2(4,5)1(6)7/h4,15,17-18,23,28,46H,1,5-14,16,19-21H2,2-3H3;2*(H,6,7)/t23-,28?,35-,36+;;/m1../s1. The molecule has 0 amide bonds. The van der Waals surface area contributed by atoms with Crippen LogP contribution in [0, 0.1) is 12.7 Å². The number of anilines is 1. The van der Waals surface area contributed by atoms with E-state index in [9.17, 15) is 35.8 Å². The molecule has 4 aliphatic rings. The van der Waals surface area contributed by atoms with E-state index in [1.54, 1.807) is 25.4 Å². The highest BCUT2D eigenvalue weighted by molar-refractivity contribution is 6.01. The van der Waals surface area contributed by atoms with Crippen LogP contribution in [0.25, 0.3) is 39.1 Å². The molecule has 3 N–H and O–H groups in total. The second kappa shape index (κ2) is 17.9. The van der Waals surface area contributed by atoms with Gasteiger partial charge in [-0.1, -0.05) is 12.7 Å². The van der Waals surface area contributed by atoms with Crippen molar-refractivity contribution in [3.63, 3.8) is 0 Å². The summed E-state index contributed by atoms with van der Waals surface area (Å²) in [5, 5.41) is 31.1. The van der Waals surface area contributed by atoms with Gasteiger partial charge in [-0.25, -0.2) is 23.1 Å². The predicted octanol–water partition coefficient (Wildman–Crippen LogP) is 7.40. The summed E-state index contributed by atoms with van der Waals surface area (Å²) >= 11 is 0. The largest absolute Gasteiger partial charge is 0.490 e. The molecule has 7 heterocycles. The molecule has 0 aliphatic carbocycles. The van der Waals surface area contributed by atoms with Crippen molar-refractivity contribution >= 4 is 45.6 Å². The Bertz CT molecular complexity index is 2290. The molecule has 338 valence electrons. The smallest absolute Gasteiger partial charge is 0.475 e. The minimum atomic E-state index is -5.08. The Morgan fingerprint density at radius 3 is 2.31 bits per heavy atom. The third kappa shape index (κ3) is 9.86. The van der Waals surface area contributed by atoms with Crippen LogP contribution in [-0.2, 0) is 14.3 Å². The second-order valence-electron chi connectivity index (χ2n) is 16.0. The second-order valence-corrected chi connectivity index (χ2v) is 16.0. The van der Waals surface area contributed by atoms with E-state index in [1.807, 2.05) is 22.6 Å². The minimum Gasteiger partial charge on any atom is -0.475 e. The van der Waals surface area contributed by atoms with Gasteiger partial charge in [0.2, 0.25) is 0 Å². The third-order valence-corrected chi connectivity index (χ3v) is 11.4. The molecule has 4 aliphatic heterocycles. The van der Waals surface area contributed by atoms with Crippen LogP contribution in [-0.4, -0.2) is 126 Å². The number of carboxylic acids is 2. The van der Waals surface area contributed by atoms with Crippen LogP contribution in [0.2, 0.25) is 0 Å². The highest BCUT2D eigenvalue weighted by atomic mass is 19.4. The highest BCUT2D eigenvalue weighted by Gasteiger charge is 2.49. The van der Waals surface area contributed by atoms with E-state index in [4.69, 9.17) is 44.3 Å². The van der Waals surface area contributed by atoms with Gasteiger partial charge in [0.25, 0.3) is 0 Å². The van der Waals surface area contributed by atoms with E-state index in [-0.39, 0.29) is 30.1 Å². The summed E-state index contributed by atoms with van der Waals surface area (Å²) in [6.07, 6.45) is 0.386. The molecule has 1 aromatic carbocycles. The van der Waals surface area contributed by atoms with Gasteiger partial charge in [0.1, 0.15) is 29.8 Å². The Balaban J connectivity index is 0.000000397. The highest BCUT2D eigenvalue weighted by Crippen LogP contribution is 2.42. The number of hydrogen-bond acceptors (Lipinski definition) is 11. The number of piperidine rings is 1. The molecule has 0 radical (unpaired) electrons. The maximum Gasteiger partial charge on any atom is 0.490 e. The lowest BCUT2D eigenvalue weighted by molar-refractivity contribution is -0.193. The molecule has 0 saturated carbocycles. The van der Waals surface area contributed by atoms with Crippen LogP contribution in [0.4, 0.5) is 40.9 Å². The number of ether oxygens (including phenoxy) is 2. The average Bonchev–Trinajstić information content (AvgIpc) is 3.88. The zero-order chi connectivity index (χ0) is 45.4. The van der Waals surface area contributed by atoms with E-state index in [0.29, 0.717) is 55.9 Å². The predicted molar refractivity (Wildman–Crippen MR) is 208 cm³/mol. The number of aromatic nitrogens is 5. The lowest BCUT2D eigenvalue weighted by atomic mass is 9.94. The van der Waals surface area contributed by atoms with Gasteiger partial charge in [-0.05, 0) is 82.5 Å². The molecule has 3 aromatic heterocycles. The number of β-amino-alcohol motifs (C(OH)–C–C–N with tert-alkyl or cyclic N) is 1. The summed E-state index contributed by atoms with van der Waals surface area (Å²) in [5.74, 6) is -5.66. The van der Waals surface area contributed by atoms with Crippen LogP contribution < -0.4 is 9.64 Å². The average molecular weight is 888 g/mol. The fourth-order valence-corrected chi connectivity index (χ4v) is 8.55. The van der Waals surface area contributed by atoms with Gasteiger partial charge in [-0.3, -0.25) is 9.88 Å². The van der Waals surface area contributed by atoms with Crippen molar-refractivity contribution in [2.24, 2.45) is 0 Å². The lowest BCUT2D eigenvalue weighted by Crippen LogP contribution is -2.46. The zero-order valence-corrected chi connectivity index (χ0v) is 33.7. The van der Waals surface area contributed by atoms with Gasteiger partial charge >= 0.3 is 30.3 Å². The number of aryl methyl sites for hydroxylation is 1. The number of nitrogens with zero attached hydrogens (tertiary/aromatic N) is 7. The number of halogens is 8. The summed E-state index contributed by atoms with van der Waals surface area (Å²) < 4.78 is 109. The lowest BCUT2D eigenvalue weighted by Gasteiger charge is -2.38. The molecule has 8 rings (SSSR count). The molecule has 4 saturated heterocycles. The molecule has 0 bridgehead atoms. The maximum atomic E-state index is 17.2. The van der Waals surface area contributed by atoms with Crippen molar-refractivity contribution in [2.45, 2.75) is 101 Å². The summed E-state index contributed by atoms with van der Waals surface area (Å²) in [6, 6.07) is 2.08. The number of fused-ring (bicyclic) bond motifs is 3. The number of aliphatic carboxylic acids is 2. The van der Waals surface area contributed by atoms with Crippen molar-refractivity contribution in [3.8, 4) is 17.3 Å². The van der Waals surface area contributed by atoms with Crippen LogP contribution >= 0.6 is 0 Å². The molecule has 0 spiro atoms. The van der Waals surface area contributed by atoms with Crippen LogP contribution in [0.5, 0.6) is 6.01 Å². The first-order chi connectivity index (χ1) is 29.0. The van der Waals surface area contributed by atoms with Crippen molar-refractivity contribution in [1.82, 2.24) is 29.6 Å². The van der Waals surface area contributed by atoms with Crippen molar-refractivity contribution < 1.29 is 69.5 Å². The van der Waals surface area contributed by atoms with Crippen molar-refractivity contribution in [3.05, 3.63) is 42.0 Å². The van der Waals surface area contributed by atoms with Crippen LogP contribution in [0.3, 0.4) is 0 Å². The van der Waals surface area contributed by atoms with E-state index in [1.165, 1.54) is 0 Å². The number of rotatable bonds is 7. The molecular weight excluding hydrogens is 842 g/mol. The minimum absolute atomic E-state index is 0.0305. The number of hydrogen-bond donors (Lipinski definition) is 3. The Morgan fingerprint density at radius 1 is 1.02 bits per heavy atom. The molecule has 14 nitrogen and oxygen atoms in total. The fourth-order valence-electron chi connectivity index (χ4n) is 8.55. The molecule has 22 heteroatoms.